The summed E-state index contributed by atoms with van der Waals surface area (Å²) in [5.74, 6) is -1.54. The third kappa shape index (κ3) is 4.20. The lowest BCUT2D eigenvalue weighted by Crippen LogP contribution is -2.55. The van der Waals surface area contributed by atoms with E-state index in [-0.39, 0.29) is 24.7 Å². The second-order valence-electron chi connectivity index (χ2n) is 8.90. The predicted molar refractivity (Wildman–Crippen MR) is 128 cm³/mol. The Hall–Kier alpha value is -3.59. The van der Waals surface area contributed by atoms with Gasteiger partial charge in [0, 0.05) is 12.0 Å². The van der Waals surface area contributed by atoms with Gasteiger partial charge in [-0.1, -0.05) is 12.1 Å². The Labute approximate surface area is 204 Å². The Morgan fingerprint density at radius 3 is 2.66 bits per heavy atom. The van der Waals surface area contributed by atoms with Crippen LogP contribution in [0, 0.1) is 18.8 Å². The SMILES string of the molecule is CCOC(=O)[C@@H]1[C@H]2COc3cccc(OC)c3C2N[C@]1(C)C(=O)Nc1cc(C)ccc1C(=O)OC. The molecule has 2 aliphatic heterocycles. The number of amides is 1. The van der Waals surface area contributed by atoms with Crippen LogP contribution >= 0.6 is 0 Å². The number of nitrogens with one attached hydrogen (secondary N) is 2. The molecule has 2 heterocycles. The first-order valence-electron chi connectivity index (χ1n) is 11.5. The van der Waals surface area contributed by atoms with Gasteiger partial charge in [-0.3, -0.25) is 14.9 Å². The maximum absolute atomic E-state index is 13.8. The zero-order chi connectivity index (χ0) is 25.3. The summed E-state index contributed by atoms with van der Waals surface area (Å²) >= 11 is 0. The van der Waals surface area contributed by atoms with E-state index < -0.39 is 35.3 Å². The summed E-state index contributed by atoms with van der Waals surface area (Å²) < 4.78 is 21.8. The van der Waals surface area contributed by atoms with Crippen LogP contribution in [0.1, 0.15) is 41.4 Å². The lowest BCUT2D eigenvalue weighted by Gasteiger charge is -2.32. The van der Waals surface area contributed by atoms with Gasteiger partial charge < -0.3 is 24.3 Å². The standard InChI is InChI=1S/C26H30N2O7/c1-6-34-24(30)21-16-13-35-19-9-7-8-18(32-4)20(19)22(16)28-26(21,3)25(31)27-17-12-14(2)10-11-15(17)23(29)33-5/h7-12,16,21-22,28H,6,13H2,1-5H3,(H,27,31)/t16-,21+,22?,26+/m1/s1. The van der Waals surface area contributed by atoms with Gasteiger partial charge in [-0.05, 0) is 50.6 Å². The van der Waals surface area contributed by atoms with Crippen molar-refractivity contribution in [2.45, 2.75) is 32.4 Å². The van der Waals surface area contributed by atoms with E-state index in [1.54, 1.807) is 39.2 Å². The average Bonchev–Trinajstić information content (AvgIpc) is 3.17. The highest BCUT2D eigenvalue weighted by atomic mass is 16.5. The maximum atomic E-state index is 13.8. The van der Waals surface area contributed by atoms with Crippen LogP contribution in [0.5, 0.6) is 11.5 Å². The molecular formula is C26H30N2O7. The average molecular weight is 483 g/mol. The van der Waals surface area contributed by atoms with E-state index in [1.165, 1.54) is 7.11 Å². The molecule has 1 saturated heterocycles. The van der Waals surface area contributed by atoms with E-state index in [9.17, 15) is 14.4 Å². The van der Waals surface area contributed by atoms with Gasteiger partial charge in [0.05, 0.1) is 50.2 Å². The molecule has 0 radical (unpaired) electrons. The molecule has 1 unspecified atom stereocenters. The number of rotatable bonds is 6. The fourth-order valence-electron chi connectivity index (χ4n) is 5.09. The number of hydrogen-bond donors (Lipinski definition) is 2. The number of anilines is 1. The fraction of sp³-hybridized carbons (Fsp3) is 0.423. The van der Waals surface area contributed by atoms with Crippen LogP contribution in [0.2, 0.25) is 0 Å². The van der Waals surface area contributed by atoms with E-state index in [0.717, 1.165) is 11.1 Å². The maximum Gasteiger partial charge on any atom is 0.339 e. The van der Waals surface area contributed by atoms with Crippen molar-refractivity contribution < 1.29 is 33.3 Å². The number of methoxy groups -OCH3 is 2. The highest BCUT2D eigenvalue weighted by molar-refractivity contribution is 6.06. The van der Waals surface area contributed by atoms with Crippen LogP contribution < -0.4 is 20.1 Å². The Balaban J connectivity index is 1.76. The first-order valence-corrected chi connectivity index (χ1v) is 11.5. The first kappa shape index (κ1) is 24.5. The molecule has 4 rings (SSSR count). The Morgan fingerprint density at radius 2 is 1.97 bits per heavy atom. The van der Waals surface area contributed by atoms with Gasteiger partial charge in [0.2, 0.25) is 5.91 Å². The zero-order valence-electron chi connectivity index (χ0n) is 20.5. The summed E-state index contributed by atoms with van der Waals surface area (Å²) in [5, 5.41) is 6.25. The van der Waals surface area contributed by atoms with Crippen molar-refractivity contribution in [2.75, 3.05) is 32.8 Å². The number of esters is 2. The van der Waals surface area contributed by atoms with Crippen molar-refractivity contribution in [2.24, 2.45) is 11.8 Å². The van der Waals surface area contributed by atoms with E-state index >= 15 is 0 Å². The largest absolute Gasteiger partial charge is 0.496 e. The van der Waals surface area contributed by atoms with Crippen LogP contribution in [-0.4, -0.2) is 50.8 Å². The molecule has 0 bridgehead atoms. The molecule has 9 heteroatoms. The van der Waals surface area contributed by atoms with Crippen LogP contribution in [0.25, 0.3) is 0 Å². The van der Waals surface area contributed by atoms with Gasteiger partial charge in [-0.25, -0.2) is 4.79 Å². The second-order valence-corrected chi connectivity index (χ2v) is 8.90. The fourth-order valence-corrected chi connectivity index (χ4v) is 5.09. The molecule has 2 aliphatic rings. The van der Waals surface area contributed by atoms with Crippen LogP contribution in [0.3, 0.4) is 0 Å². The number of fused-ring (bicyclic) bond motifs is 3. The molecule has 0 aliphatic carbocycles. The van der Waals surface area contributed by atoms with Crippen molar-refractivity contribution in [1.82, 2.24) is 5.32 Å². The topological polar surface area (TPSA) is 112 Å². The van der Waals surface area contributed by atoms with Crippen LogP contribution in [0.4, 0.5) is 5.69 Å². The normalized spacial score (nSPS) is 24.4. The molecule has 186 valence electrons. The van der Waals surface area contributed by atoms with Crippen molar-refractivity contribution in [1.29, 1.82) is 0 Å². The van der Waals surface area contributed by atoms with Crippen LogP contribution in [-0.2, 0) is 19.1 Å². The molecule has 0 aromatic heterocycles. The Kier molecular flexibility index (Phi) is 6.71. The monoisotopic (exact) mass is 482 g/mol. The summed E-state index contributed by atoms with van der Waals surface area (Å²) in [5.41, 5.74) is 0.748. The molecule has 2 N–H and O–H groups in total. The van der Waals surface area contributed by atoms with E-state index in [2.05, 4.69) is 10.6 Å². The number of benzene rings is 2. The second kappa shape index (κ2) is 9.58. The van der Waals surface area contributed by atoms with Gasteiger partial charge in [0.25, 0.3) is 0 Å². The minimum absolute atomic E-state index is 0.176. The molecule has 0 spiro atoms. The van der Waals surface area contributed by atoms with E-state index in [4.69, 9.17) is 18.9 Å². The zero-order valence-corrected chi connectivity index (χ0v) is 20.5. The molecule has 4 atom stereocenters. The number of carbonyl (C=O) groups excluding carboxylic acids is 3. The molecule has 9 nitrogen and oxygen atoms in total. The first-order chi connectivity index (χ1) is 16.7. The summed E-state index contributed by atoms with van der Waals surface area (Å²) in [7, 11) is 2.84. The van der Waals surface area contributed by atoms with Crippen LogP contribution in [0.15, 0.2) is 36.4 Å². The van der Waals surface area contributed by atoms with Crippen molar-refractivity contribution in [3.05, 3.63) is 53.1 Å². The van der Waals surface area contributed by atoms with Gasteiger partial charge in [-0.15, -0.1) is 0 Å². The molecular weight excluding hydrogens is 452 g/mol. The quantitative estimate of drug-likeness (QED) is 0.605. The third-order valence-electron chi connectivity index (χ3n) is 6.76. The van der Waals surface area contributed by atoms with Gasteiger partial charge in [0.1, 0.15) is 17.0 Å². The van der Waals surface area contributed by atoms with E-state index in [0.29, 0.717) is 17.2 Å². The summed E-state index contributed by atoms with van der Waals surface area (Å²) in [6.45, 7) is 5.64. The number of carbonyl (C=O) groups is 3. The molecule has 35 heavy (non-hydrogen) atoms. The number of hydrogen-bond acceptors (Lipinski definition) is 8. The number of aryl methyl sites for hydroxylation is 1. The van der Waals surface area contributed by atoms with E-state index in [1.807, 2.05) is 25.1 Å². The Morgan fingerprint density at radius 1 is 1.20 bits per heavy atom. The molecule has 0 saturated carbocycles. The summed E-state index contributed by atoms with van der Waals surface area (Å²) in [6.07, 6.45) is 0. The van der Waals surface area contributed by atoms with Gasteiger partial charge in [0.15, 0.2) is 0 Å². The minimum atomic E-state index is -1.37. The summed E-state index contributed by atoms with van der Waals surface area (Å²) in [4.78, 5) is 39.4. The smallest absolute Gasteiger partial charge is 0.339 e. The van der Waals surface area contributed by atoms with Crippen molar-refractivity contribution in [3.8, 4) is 11.5 Å². The highest BCUT2D eigenvalue weighted by Crippen LogP contribution is 2.51. The van der Waals surface area contributed by atoms with Crippen molar-refractivity contribution in [3.63, 3.8) is 0 Å². The number of ether oxygens (including phenoxy) is 4. The molecule has 1 fully saturated rings. The lowest BCUT2D eigenvalue weighted by atomic mass is 9.77. The molecule has 2 aromatic rings. The van der Waals surface area contributed by atoms with Gasteiger partial charge in [-0.2, -0.15) is 0 Å². The van der Waals surface area contributed by atoms with Gasteiger partial charge >= 0.3 is 11.9 Å². The summed E-state index contributed by atoms with van der Waals surface area (Å²) in [6, 6.07) is 10.1. The molecule has 2 aromatic carbocycles. The highest BCUT2D eigenvalue weighted by Gasteiger charge is 2.61. The predicted octanol–water partition coefficient (Wildman–Crippen LogP) is 3.02. The third-order valence-corrected chi connectivity index (χ3v) is 6.76. The molecule has 1 amide bonds. The minimum Gasteiger partial charge on any atom is -0.496 e. The Bertz CT molecular complexity index is 1150. The lowest BCUT2D eigenvalue weighted by molar-refractivity contribution is -0.154. The van der Waals surface area contributed by atoms with Crippen molar-refractivity contribution >= 4 is 23.5 Å².